The normalized spacial score (nSPS) is 13.3. The highest BCUT2D eigenvalue weighted by Gasteiger charge is 2.18. The molecular weight excluding hydrogens is 420 g/mol. The number of phenols is 1. The van der Waals surface area contributed by atoms with E-state index in [1.165, 1.54) is 21.9 Å². The van der Waals surface area contributed by atoms with E-state index in [0.29, 0.717) is 22.3 Å². The topological polar surface area (TPSA) is 90.5 Å². The standard InChI is InChI=1S/C22H22N2O4S2/c1-13(12-24(2)30(3,27)28)14-4-6-15(7-5-14)19-18(25)9-8-17-20(19)16-10-11-29-21(16)22(26)23-17/h4-11,13,25H,12H2,1-3H3,(H,23,26)/t13-/m0/s1. The number of sulfonamides is 1. The molecule has 1 atom stereocenters. The van der Waals surface area contributed by atoms with E-state index < -0.39 is 10.0 Å². The Bertz CT molecular complexity index is 1400. The van der Waals surface area contributed by atoms with E-state index in [1.807, 2.05) is 42.6 Å². The highest BCUT2D eigenvalue weighted by Crippen LogP contribution is 2.39. The van der Waals surface area contributed by atoms with Gasteiger partial charge in [-0.25, -0.2) is 12.7 Å². The molecule has 6 nitrogen and oxygen atoms in total. The van der Waals surface area contributed by atoms with Gasteiger partial charge in [0.2, 0.25) is 10.0 Å². The van der Waals surface area contributed by atoms with Crippen molar-refractivity contribution in [1.82, 2.24) is 9.29 Å². The van der Waals surface area contributed by atoms with Gasteiger partial charge in [0.25, 0.3) is 5.56 Å². The summed E-state index contributed by atoms with van der Waals surface area (Å²) in [5.41, 5.74) is 3.03. The van der Waals surface area contributed by atoms with Crippen LogP contribution in [-0.2, 0) is 10.0 Å². The summed E-state index contributed by atoms with van der Waals surface area (Å²) < 4.78 is 25.3. The van der Waals surface area contributed by atoms with E-state index in [4.69, 9.17) is 0 Å². The quantitative estimate of drug-likeness (QED) is 0.487. The number of benzene rings is 2. The van der Waals surface area contributed by atoms with Gasteiger partial charge in [-0.2, -0.15) is 0 Å². The summed E-state index contributed by atoms with van der Waals surface area (Å²) in [4.78, 5) is 15.2. The zero-order valence-corrected chi connectivity index (χ0v) is 18.5. The lowest BCUT2D eigenvalue weighted by atomic mass is 9.94. The van der Waals surface area contributed by atoms with E-state index >= 15 is 0 Å². The number of pyridine rings is 1. The minimum atomic E-state index is -3.23. The van der Waals surface area contributed by atoms with Gasteiger partial charge in [-0.3, -0.25) is 4.79 Å². The van der Waals surface area contributed by atoms with Crippen LogP contribution >= 0.6 is 11.3 Å². The lowest BCUT2D eigenvalue weighted by Crippen LogP contribution is -2.29. The molecule has 0 aliphatic rings. The van der Waals surface area contributed by atoms with Gasteiger partial charge in [0.15, 0.2) is 0 Å². The third-order valence-corrected chi connectivity index (χ3v) is 7.63. The van der Waals surface area contributed by atoms with Crippen molar-refractivity contribution in [3.63, 3.8) is 0 Å². The fourth-order valence-electron chi connectivity index (χ4n) is 3.73. The second kappa shape index (κ2) is 7.54. The van der Waals surface area contributed by atoms with Crippen LogP contribution in [-0.4, -0.2) is 42.7 Å². The van der Waals surface area contributed by atoms with E-state index in [2.05, 4.69) is 4.98 Å². The third kappa shape index (κ3) is 3.62. The molecule has 2 aromatic carbocycles. The first kappa shape index (κ1) is 20.6. The number of thiophene rings is 1. The Morgan fingerprint density at radius 1 is 1.13 bits per heavy atom. The van der Waals surface area contributed by atoms with Gasteiger partial charge in [-0.05, 0) is 40.6 Å². The molecule has 4 rings (SSSR count). The van der Waals surface area contributed by atoms with Crippen molar-refractivity contribution in [3.05, 3.63) is 63.8 Å². The summed E-state index contributed by atoms with van der Waals surface area (Å²) in [5, 5.41) is 14.1. The molecule has 0 aliphatic heterocycles. The Labute approximate surface area is 178 Å². The Morgan fingerprint density at radius 3 is 2.50 bits per heavy atom. The fourth-order valence-corrected chi connectivity index (χ4v) is 5.02. The number of fused-ring (bicyclic) bond motifs is 3. The average Bonchev–Trinajstić information content (AvgIpc) is 3.18. The molecule has 2 heterocycles. The predicted molar refractivity (Wildman–Crippen MR) is 123 cm³/mol. The molecular formula is C22H22N2O4S2. The first-order valence-electron chi connectivity index (χ1n) is 9.43. The second-order valence-corrected chi connectivity index (χ2v) is 10.6. The van der Waals surface area contributed by atoms with Gasteiger partial charge >= 0.3 is 0 Å². The van der Waals surface area contributed by atoms with Crippen molar-refractivity contribution in [3.8, 4) is 16.9 Å². The molecule has 0 amide bonds. The summed E-state index contributed by atoms with van der Waals surface area (Å²) in [7, 11) is -1.66. The van der Waals surface area contributed by atoms with Crippen LogP contribution in [0.1, 0.15) is 18.4 Å². The highest BCUT2D eigenvalue weighted by atomic mass is 32.2. The van der Waals surface area contributed by atoms with Crippen molar-refractivity contribution in [2.24, 2.45) is 0 Å². The predicted octanol–water partition coefficient (Wildman–Crippen LogP) is 4.11. The summed E-state index contributed by atoms with van der Waals surface area (Å²) in [6, 6.07) is 12.9. The maximum Gasteiger partial charge on any atom is 0.266 e. The number of nitrogens with one attached hydrogen (secondary N) is 1. The second-order valence-electron chi connectivity index (χ2n) is 7.57. The first-order chi connectivity index (χ1) is 14.2. The number of rotatable bonds is 5. The van der Waals surface area contributed by atoms with Crippen molar-refractivity contribution in [1.29, 1.82) is 0 Å². The molecule has 0 saturated carbocycles. The zero-order chi connectivity index (χ0) is 21.6. The molecule has 8 heteroatoms. The minimum absolute atomic E-state index is 0.0137. The molecule has 0 saturated heterocycles. The molecule has 0 aliphatic carbocycles. The van der Waals surface area contributed by atoms with Crippen LogP contribution in [0.25, 0.3) is 32.1 Å². The van der Waals surface area contributed by atoms with Crippen molar-refractivity contribution < 1.29 is 13.5 Å². The third-order valence-electron chi connectivity index (χ3n) is 5.44. The number of aromatic hydroxyl groups is 1. The SMILES string of the molecule is C[C@@H](CN(C)S(C)(=O)=O)c1ccc(-c2c(O)ccc3[nH]c(=O)c4sccc4c23)cc1. The Hall–Kier alpha value is -2.68. The Morgan fingerprint density at radius 2 is 1.83 bits per heavy atom. The monoisotopic (exact) mass is 442 g/mol. The minimum Gasteiger partial charge on any atom is -0.507 e. The molecule has 0 radical (unpaired) electrons. The zero-order valence-electron chi connectivity index (χ0n) is 16.8. The number of aromatic amines is 1. The molecule has 0 spiro atoms. The number of nitrogens with zero attached hydrogens (tertiary/aromatic N) is 1. The van der Waals surface area contributed by atoms with E-state index in [-0.39, 0.29) is 17.2 Å². The molecule has 0 fully saturated rings. The molecule has 0 bridgehead atoms. The Kier molecular flexibility index (Phi) is 5.17. The van der Waals surface area contributed by atoms with Crippen LogP contribution in [0.2, 0.25) is 0 Å². The van der Waals surface area contributed by atoms with Crippen molar-refractivity contribution >= 4 is 42.3 Å². The number of likely N-dealkylation sites (N-methyl/N-ethyl adjacent to an activating group) is 1. The lowest BCUT2D eigenvalue weighted by Gasteiger charge is -2.20. The average molecular weight is 443 g/mol. The maximum atomic E-state index is 12.3. The van der Waals surface area contributed by atoms with Gasteiger partial charge in [0.1, 0.15) is 10.4 Å². The summed E-state index contributed by atoms with van der Waals surface area (Å²) >= 11 is 1.37. The fraction of sp³-hybridized carbons (Fsp3) is 0.227. The first-order valence-corrected chi connectivity index (χ1v) is 12.2. The molecule has 30 heavy (non-hydrogen) atoms. The van der Waals surface area contributed by atoms with Crippen LogP contribution in [0.3, 0.4) is 0 Å². The molecule has 2 aromatic heterocycles. The van der Waals surface area contributed by atoms with E-state index in [1.54, 1.807) is 19.2 Å². The van der Waals surface area contributed by atoms with Crippen LogP contribution < -0.4 is 5.56 Å². The summed E-state index contributed by atoms with van der Waals surface area (Å²) in [6.07, 6.45) is 1.20. The van der Waals surface area contributed by atoms with E-state index in [9.17, 15) is 18.3 Å². The van der Waals surface area contributed by atoms with Crippen LogP contribution in [0.15, 0.2) is 52.6 Å². The summed E-state index contributed by atoms with van der Waals surface area (Å²) in [6.45, 7) is 2.36. The van der Waals surface area contributed by atoms with Gasteiger partial charge in [0, 0.05) is 35.4 Å². The summed E-state index contributed by atoms with van der Waals surface area (Å²) in [5.74, 6) is 0.152. The van der Waals surface area contributed by atoms with Crippen molar-refractivity contribution in [2.75, 3.05) is 19.8 Å². The number of H-pyrrole nitrogens is 1. The largest absolute Gasteiger partial charge is 0.507 e. The van der Waals surface area contributed by atoms with Gasteiger partial charge in [-0.15, -0.1) is 11.3 Å². The smallest absolute Gasteiger partial charge is 0.266 e. The number of hydrogen-bond donors (Lipinski definition) is 2. The molecule has 0 unspecified atom stereocenters. The van der Waals surface area contributed by atoms with E-state index in [0.717, 1.165) is 21.9 Å². The Balaban J connectivity index is 1.79. The van der Waals surface area contributed by atoms with Crippen molar-refractivity contribution in [2.45, 2.75) is 12.8 Å². The number of phenolic OH excluding ortho intramolecular Hbond substituents is 1. The van der Waals surface area contributed by atoms with Gasteiger partial charge in [-0.1, -0.05) is 31.2 Å². The van der Waals surface area contributed by atoms with Crippen LogP contribution in [0.5, 0.6) is 5.75 Å². The lowest BCUT2D eigenvalue weighted by molar-refractivity contribution is 0.451. The maximum absolute atomic E-state index is 12.3. The van der Waals surface area contributed by atoms with Gasteiger partial charge < -0.3 is 10.1 Å². The highest BCUT2D eigenvalue weighted by molar-refractivity contribution is 7.88. The molecule has 156 valence electrons. The number of hydrogen-bond acceptors (Lipinski definition) is 5. The molecule has 2 N–H and O–H groups in total. The molecule has 4 aromatic rings. The van der Waals surface area contributed by atoms with Gasteiger partial charge in [0.05, 0.1) is 6.26 Å². The van der Waals surface area contributed by atoms with Crippen LogP contribution in [0.4, 0.5) is 0 Å². The van der Waals surface area contributed by atoms with Crippen LogP contribution in [0, 0.1) is 0 Å². The number of aromatic nitrogens is 1.